The van der Waals surface area contributed by atoms with Gasteiger partial charge < -0.3 is 0 Å². The van der Waals surface area contributed by atoms with Crippen LogP contribution in [0.5, 0.6) is 0 Å². The van der Waals surface area contributed by atoms with E-state index in [0.29, 0.717) is 11.8 Å². The molecule has 1 aliphatic carbocycles. The number of hydrogen-bond acceptors (Lipinski definition) is 1. The maximum Gasteiger partial charge on any atom is 0.0346 e. The van der Waals surface area contributed by atoms with E-state index in [1.54, 1.807) is 0 Å². The molecule has 1 nitrogen and oxygen atoms in total. The third kappa shape index (κ3) is 3.84. The SMILES string of the molecule is CC(C)(C)c1ccc(C2C=CC(c3ccccc3-c3cccnc3)C=C2)cc1. The molecular formula is C27H27N. The van der Waals surface area contributed by atoms with Gasteiger partial charge in [0.05, 0.1) is 0 Å². The highest BCUT2D eigenvalue weighted by Gasteiger charge is 2.17. The maximum atomic E-state index is 4.29. The van der Waals surface area contributed by atoms with Gasteiger partial charge in [0, 0.05) is 29.8 Å². The maximum absolute atomic E-state index is 4.29. The van der Waals surface area contributed by atoms with Crippen molar-refractivity contribution in [3.8, 4) is 11.1 Å². The summed E-state index contributed by atoms with van der Waals surface area (Å²) in [6, 6.07) is 21.8. The number of pyridine rings is 1. The van der Waals surface area contributed by atoms with Crippen molar-refractivity contribution in [2.75, 3.05) is 0 Å². The Morgan fingerprint density at radius 1 is 0.714 bits per heavy atom. The second-order valence-corrected chi connectivity index (χ2v) is 8.52. The molecule has 1 heterocycles. The van der Waals surface area contributed by atoms with E-state index in [0.717, 1.165) is 0 Å². The minimum Gasteiger partial charge on any atom is -0.264 e. The van der Waals surface area contributed by atoms with Crippen LogP contribution in [0.3, 0.4) is 0 Å². The molecule has 0 aliphatic heterocycles. The van der Waals surface area contributed by atoms with Crippen LogP contribution < -0.4 is 0 Å². The van der Waals surface area contributed by atoms with E-state index >= 15 is 0 Å². The van der Waals surface area contributed by atoms with E-state index < -0.39 is 0 Å². The van der Waals surface area contributed by atoms with Crippen LogP contribution in [-0.2, 0) is 5.41 Å². The van der Waals surface area contributed by atoms with Gasteiger partial charge in [-0.05, 0) is 33.7 Å². The molecule has 0 saturated carbocycles. The van der Waals surface area contributed by atoms with Crippen LogP contribution in [0.1, 0.15) is 49.3 Å². The molecule has 2 aromatic carbocycles. The first kappa shape index (κ1) is 18.4. The Labute approximate surface area is 168 Å². The van der Waals surface area contributed by atoms with Crippen LogP contribution in [0.4, 0.5) is 0 Å². The Morgan fingerprint density at radius 2 is 1.39 bits per heavy atom. The summed E-state index contributed by atoms with van der Waals surface area (Å²) in [6.45, 7) is 6.77. The number of hydrogen-bond donors (Lipinski definition) is 0. The van der Waals surface area contributed by atoms with Crippen LogP contribution in [0.25, 0.3) is 11.1 Å². The predicted molar refractivity (Wildman–Crippen MR) is 119 cm³/mol. The van der Waals surface area contributed by atoms with Crippen molar-refractivity contribution >= 4 is 0 Å². The van der Waals surface area contributed by atoms with Crippen LogP contribution in [0.2, 0.25) is 0 Å². The van der Waals surface area contributed by atoms with Crippen LogP contribution in [0.15, 0.2) is 97.4 Å². The number of aromatic nitrogens is 1. The topological polar surface area (TPSA) is 12.9 Å². The average molecular weight is 366 g/mol. The van der Waals surface area contributed by atoms with Gasteiger partial charge in [0.25, 0.3) is 0 Å². The van der Waals surface area contributed by atoms with Gasteiger partial charge in [0.1, 0.15) is 0 Å². The highest BCUT2D eigenvalue weighted by Crippen LogP contribution is 2.35. The Kier molecular flexibility index (Phi) is 5.00. The zero-order valence-corrected chi connectivity index (χ0v) is 16.8. The first-order chi connectivity index (χ1) is 13.5. The van der Waals surface area contributed by atoms with Gasteiger partial charge in [-0.25, -0.2) is 0 Å². The van der Waals surface area contributed by atoms with E-state index in [1.807, 2.05) is 18.5 Å². The lowest BCUT2D eigenvalue weighted by Gasteiger charge is -2.22. The predicted octanol–water partition coefficient (Wildman–Crippen LogP) is 7.04. The quantitative estimate of drug-likeness (QED) is 0.454. The van der Waals surface area contributed by atoms with Crippen molar-refractivity contribution in [3.63, 3.8) is 0 Å². The third-order valence-corrected chi connectivity index (χ3v) is 5.51. The fraction of sp³-hybridized carbons (Fsp3) is 0.222. The lowest BCUT2D eigenvalue weighted by molar-refractivity contribution is 0.590. The lowest BCUT2D eigenvalue weighted by Crippen LogP contribution is -2.11. The van der Waals surface area contributed by atoms with E-state index in [1.165, 1.54) is 27.8 Å². The Morgan fingerprint density at radius 3 is 2.04 bits per heavy atom. The fourth-order valence-electron chi connectivity index (χ4n) is 3.81. The molecule has 0 fully saturated rings. The van der Waals surface area contributed by atoms with E-state index in [2.05, 4.69) is 105 Å². The minimum absolute atomic E-state index is 0.192. The summed E-state index contributed by atoms with van der Waals surface area (Å²) in [5.41, 5.74) is 6.66. The molecule has 28 heavy (non-hydrogen) atoms. The Bertz CT molecular complexity index is 974. The molecular weight excluding hydrogens is 338 g/mol. The highest BCUT2D eigenvalue weighted by molar-refractivity contribution is 5.68. The summed E-state index contributed by atoms with van der Waals surface area (Å²) < 4.78 is 0. The van der Waals surface area contributed by atoms with Crippen molar-refractivity contribution in [3.05, 3.63) is 114 Å². The molecule has 0 unspecified atom stereocenters. The van der Waals surface area contributed by atoms with Gasteiger partial charge in [-0.1, -0.05) is 99.7 Å². The molecule has 0 amide bonds. The van der Waals surface area contributed by atoms with Crippen LogP contribution in [-0.4, -0.2) is 4.98 Å². The monoisotopic (exact) mass is 365 g/mol. The van der Waals surface area contributed by atoms with Gasteiger partial charge in [-0.3, -0.25) is 4.98 Å². The summed E-state index contributed by atoms with van der Waals surface area (Å²) in [5, 5.41) is 0. The number of allylic oxidation sites excluding steroid dienone is 4. The first-order valence-corrected chi connectivity index (χ1v) is 9.99. The molecule has 0 N–H and O–H groups in total. The second-order valence-electron chi connectivity index (χ2n) is 8.52. The molecule has 3 aromatic rings. The fourth-order valence-corrected chi connectivity index (χ4v) is 3.81. The number of nitrogens with zero attached hydrogens (tertiary/aromatic N) is 1. The molecule has 0 saturated heterocycles. The largest absolute Gasteiger partial charge is 0.264 e. The van der Waals surface area contributed by atoms with Crippen molar-refractivity contribution in [1.29, 1.82) is 0 Å². The number of rotatable bonds is 3. The normalized spacial score (nSPS) is 19.0. The van der Waals surface area contributed by atoms with Crippen molar-refractivity contribution in [2.45, 2.75) is 38.0 Å². The third-order valence-electron chi connectivity index (χ3n) is 5.51. The highest BCUT2D eigenvalue weighted by atomic mass is 14.6. The molecule has 0 atom stereocenters. The Balaban J connectivity index is 1.57. The molecule has 1 heteroatoms. The van der Waals surface area contributed by atoms with Gasteiger partial charge in [0.2, 0.25) is 0 Å². The minimum atomic E-state index is 0.192. The van der Waals surface area contributed by atoms with Crippen molar-refractivity contribution in [1.82, 2.24) is 4.98 Å². The molecule has 140 valence electrons. The molecule has 0 spiro atoms. The number of benzene rings is 2. The summed E-state index contributed by atoms with van der Waals surface area (Å²) >= 11 is 0. The zero-order chi connectivity index (χ0) is 19.6. The standard InChI is InChI=1S/C27H27N/c1-27(2,3)24-16-14-21(15-17-24)20-10-12-22(13-11-20)25-8-4-5-9-26(25)23-7-6-18-28-19-23/h4-20,22H,1-3H3. The van der Waals surface area contributed by atoms with Crippen molar-refractivity contribution < 1.29 is 0 Å². The van der Waals surface area contributed by atoms with E-state index in [9.17, 15) is 0 Å². The van der Waals surface area contributed by atoms with Crippen LogP contribution >= 0.6 is 0 Å². The van der Waals surface area contributed by atoms with E-state index in [4.69, 9.17) is 0 Å². The van der Waals surface area contributed by atoms with Gasteiger partial charge in [0.15, 0.2) is 0 Å². The van der Waals surface area contributed by atoms with Crippen LogP contribution in [0, 0.1) is 0 Å². The smallest absolute Gasteiger partial charge is 0.0346 e. The zero-order valence-electron chi connectivity index (χ0n) is 16.8. The average Bonchev–Trinajstić information content (AvgIpc) is 2.74. The van der Waals surface area contributed by atoms with Crippen molar-refractivity contribution in [2.24, 2.45) is 0 Å². The second kappa shape index (κ2) is 7.59. The summed E-state index contributed by atoms with van der Waals surface area (Å²) in [4.78, 5) is 4.29. The summed E-state index contributed by atoms with van der Waals surface area (Å²) in [7, 11) is 0. The molecule has 0 radical (unpaired) electrons. The van der Waals surface area contributed by atoms with Gasteiger partial charge in [-0.15, -0.1) is 0 Å². The summed E-state index contributed by atoms with van der Waals surface area (Å²) in [6.07, 6.45) is 13.1. The van der Waals surface area contributed by atoms with Gasteiger partial charge in [-0.2, -0.15) is 0 Å². The van der Waals surface area contributed by atoms with E-state index in [-0.39, 0.29) is 5.41 Å². The first-order valence-electron chi connectivity index (χ1n) is 9.99. The lowest BCUT2D eigenvalue weighted by atomic mass is 9.83. The summed E-state index contributed by atoms with van der Waals surface area (Å²) in [5.74, 6) is 0.636. The molecule has 0 bridgehead atoms. The Hall–Kier alpha value is -2.93. The molecule has 4 rings (SSSR count). The van der Waals surface area contributed by atoms with Gasteiger partial charge >= 0.3 is 0 Å². The molecule has 1 aromatic heterocycles. The molecule has 1 aliphatic rings.